The third kappa shape index (κ3) is 3.92. The Kier molecular flexibility index (Phi) is 5.48. The number of hydrogen-bond acceptors (Lipinski definition) is 3. The van der Waals surface area contributed by atoms with Gasteiger partial charge in [0.25, 0.3) is 5.91 Å². The summed E-state index contributed by atoms with van der Waals surface area (Å²) in [7, 11) is 1.62. The molecule has 170 valence electrons. The van der Waals surface area contributed by atoms with E-state index in [0.717, 1.165) is 42.3 Å². The molecule has 1 unspecified atom stereocenters. The average molecular weight is 450 g/mol. The van der Waals surface area contributed by atoms with Gasteiger partial charge in [-0.1, -0.05) is 12.1 Å². The first-order valence-corrected chi connectivity index (χ1v) is 11.1. The minimum atomic E-state index is -0.878. The van der Waals surface area contributed by atoms with Crippen LogP contribution in [0.15, 0.2) is 54.5 Å². The molecule has 2 atom stereocenters. The van der Waals surface area contributed by atoms with Gasteiger partial charge in [-0.25, -0.2) is 13.8 Å². The summed E-state index contributed by atoms with van der Waals surface area (Å²) in [5.74, 6) is -1.10. The van der Waals surface area contributed by atoms with E-state index < -0.39 is 11.6 Å². The zero-order valence-corrected chi connectivity index (χ0v) is 18.6. The maximum Gasteiger partial charge on any atom is 0.250 e. The number of aromatic nitrogens is 2. The van der Waals surface area contributed by atoms with Gasteiger partial charge in [0, 0.05) is 17.8 Å². The number of methoxy groups -OCH3 is 1. The van der Waals surface area contributed by atoms with Crippen LogP contribution in [0.4, 0.5) is 8.78 Å². The predicted molar refractivity (Wildman–Crippen MR) is 121 cm³/mol. The van der Waals surface area contributed by atoms with Crippen molar-refractivity contribution in [2.24, 2.45) is 0 Å². The van der Waals surface area contributed by atoms with Gasteiger partial charge >= 0.3 is 0 Å². The van der Waals surface area contributed by atoms with Crippen molar-refractivity contribution in [1.82, 2.24) is 14.5 Å². The van der Waals surface area contributed by atoms with Crippen LogP contribution in [0.3, 0.4) is 0 Å². The standard InChI is InChI=1S/C26H25F2N3O2/c1-16-14-30(15-29-16)24-9-3-17(12-25(24)33-2)11-19-4-6-20-7-10-23(31(20)26(19)32)18-5-8-21(27)22(28)13-18/h3,5,8-9,11-15,20,23H,4,6-7,10H2,1-2H3/t20?,23-/m0/s1. The van der Waals surface area contributed by atoms with Crippen LogP contribution in [0.1, 0.15) is 48.5 Å². The Morgan fingerprint density at radius 3 is 2.67 bits per heavy atom. The second-order valence-electron chi connectivity index (χ2n) is 8.69. The van der Waals surface area contributed by atoms with Crippen molar-refractivity contribution in [2.75, 3.05) is 7.11 Å². The lowest BCUT2D eigenvalue weighted by Gasteiger charge is -2.35. The molecule has 33 heavy (non-hydrogen) atoms. The summed E-state index contributed by atoms with van der Waals surface area (Å²) in [5, 5.41) is 0. The number of halogens is 2. The molecule has 1 aromatic heterocycles. The average Bonchev–Trinajstić information content (AvgIpc) is 3.44. The Morgan fingerprint density at radius 1 is 1.09 bits per heavy atom. The van der Waals surface area contributed by atoms with E-state index in [-0.39, 0.29) is 18.0 Å². The summed E-state index contributed by atoms with van der Waals surface area (Å²) in [6.07, 6.45) is 8.74. The van der Waals surface area contributed by atoms with Gasteiger partial charge in [-0.05, 0) is 74.1 Å². The molecule has 3 aromatic rings. The fourth-order valence-corrected chi connectivity index (χ4v) is 5.00. The molecule has 7 heteroatoms. The first-order valence-electron chi connectivity index (χ1n) is 11.1. The van der Waals surface area contributed by atoms with E-state index in [9.17, 15) is 13.6 Å². The monoisotopic (exact) mass is 449 g/mol. The highest BCUT2D eigenvalue weighted by atomic mass is 19.2. The van der Waals surface area contributed by atoms with E-state index in [1.807, 2.05) is 46.9 Å². The van der Waals surface area contributed by atoms with Gasteiger partial charge in [0.05, 0.1) is 30.9 Å². The summed E-state index contributed by atoms with van der Waals surface area (Å²) in [5.41, 5.74) is 4.01. The lowest BCUT2D eigenvalue weighted by atomic mass is 9.95. The number of piperidine rings is 1. The molecule has 5 rings (SSSR count). The minimum absolute atomic E-state index is 0.0354. The molecule has 0 spiro atoms. The molecule has 0 radical (unpaired) electrons. The molecule has 0 N–H and O–H groups in total. The normalized spacial score (nSPS) is 21.5. The van der Waals surface area contributed by atoms with Crippen molar-refractivity contribution in [3.05, 3.63) is 83.0 Å². The maximum atomic E-state index is 13.8. The van der Waals surface area contributed by atoms with Gasteiger partial charge in [-0.3, -0.25) is 4.79 Å². The molecule has 5 nitrogen and oxygen atoms in total. The molecule has 0 saturated carbocycles. The Balaban J connectivity index is 1.43. The van der Waals surface area contributed by atoms with Crippen molar-refractivity contribution in [1.29, 1.82) is 0 Å². The highest BCUT2D eigenvalue weighted by Crippen LogP contribution is 2.43. The highest BCUT2D eigenvalue weighted by Gasteiger charge is 2.41. The lowest BCUT2D eigenvalue weighted by Crippen LogP contribution is -2.41. The summed E-state index contributed by atoms with van der Waals surface area (Å²) in [4.78, 5) is 19.6. The molecule has 3 heterocycles. The van der Waals surface area contributed by atoms with E-state index in [0.29, 0.717) is 23.3 Å². The highest BCUT2D eigenvalue weighted by molar-refractivity contribution is 5.99. The Hall–Kier alpha value is -3.48. The first kappa shape index (κ1) is 21.4. The number of nitrogens with zero attached hydrogens (tertiary/aromatic N) is 3. The number of ether oxygens (including phenoxy) is 1. The number of rotatable bonds is 4. The third-order valence-electron chi connectivity index (χ3n) is 6.62. The zero-order chi connectivity index (χ0) is 23.1. The number of carbonyl (C=O) groups excluding carboxylic acids is 1. The minimum Gasteiger partial charge on any atom is -0.495 e. The van der Waals surface area contributed by atoms with Crippen LogP contribution in [0.25, 0.3) is 11.8 Å². The van der Waals surface area contributed by atoms with E-state index in [2.05, 4.69) is 4.98 Å². The SMILES string of the molecule is COc1cc(C=C2CCC3CC[C@@H](c4ccc(F)c(F)c4)N3C2=O)ccc1-n1cnc(C)c1. The number of fused-ring (bicyclic) bond motifs is 1. The Bertz CT molecular complexity index is 1250. The van der Waals surface area contributed by atoms with Crippen LogP contribution >= 0.6 is 0 Å². The summed E-state index contributed by atoms with van der Waals surface area (Å²) in [6.45, 7) is 1.93. The molecule has 2 aromatic carbocycles. The van der Waals surface area contributed by atoms with Crippen LogP contribution < -0.4 is 4.74 Å². The Labute approximate surface area is 191 Å². The van der Waals surface area contributed by atoms with Gasteiger partial charge in [-0.15, -0.1) is 0 Å². The maximum absolute atomic E-state index is 13.8. The van der Waals surface area contributed by atoms with Gasteiger partial charge < -0.3 is 14.2 Å². The molecular weight excluding hydrogens is 424 g/mol. The number of aryl methyl sites for hydroxylation is 1. The lowest BCUT2D eigenvalue weighted by molar-refractivity contribution is -0.131. The zero-order valence-electron chi connectivity index (χ0n) is 18.6. The van der Waals surface area contributed by atoms with Crippen LogP contribution in [0.2, 0.25) is 0 Å². The second-order valence-corrected chi connectivity index (χ2v) is 8.69. The van der Waals surface area contributed by atoms with E-state index in [1.165, 1.54) is 6.07 Å². The molecule has 2 fully saturated rings. The van der Waals surface area contributed by atoms with Gasteiger partial charge in [0.1, 0.15) is 5.75 Å². The van der Waals surface area contributed by atoms with Crippen LogP contribution in [-0.4, -0.2) is 33.5 Å². The van der Waals surface area contributed by atoms with E-state index in [4.69, 9.17) is 4.74 Å². The Morgan fingerprint density at radius 2 is 1.94 bits per heavy atom. The largest absolute Gasteiger partial charge is 0.495 e. The third-order valence-corrected chi connectivity index (χ3v) is 6.62. The van der Waals surface area contributed by atoms with Crippen molar-refractivity contribution < 1.29 is 18.3 Å². The second kappa shape index (κ2) is 8.46. The fraction of sp³-hybridized carbons (Fsp3) is 0.308. The number of carbonyl (C=O) groups is 1. The molecule has 2 saturated heterocycles. The summed E-state index contributed by atoms with van der Waals surface area (Å²) < 4.78 is 34.8. The summed E-state index contributed by atoms with van der Waals surface area (Å²) >= 11 is 0. The van der Waals surface area contributed by atoms with Crippen LogP contribution in [0.5, 0.6) is 5.75 Å². The number of benzene rings is 2. The molecule has 2 aliphatic heterocycles. The molecule has 0 bridgehead atoms. The smallest absolute Gasteiger partial charge is 0.250 e. The van der Waals surface area contributed by atoms with E-state index >= 15 is 0 Å². The molecular formula is C26H25F2N3O2. The number of amides is 1. The first-order chi connectivity index (χ1) is 15.9. The van der Waals surface area contributed by atoms with Crippen LogP contribution in [0, 0.1) is 18.6 Å². The van der Waals surface area contributed by atoms with Gasteiger partial charge in [-0.2, -0.15) is 0 Å². The van der Waals surface area contributed by atoms with E-state index in [1.54, 1.807) is 19.5 Å². The van der Waals surface area contributed by atoms with Crippen molar-refractivity contribution in [2.45, 2.75) is 44.7 Å². The van der Waals surface area contributed by atoms with Crippen molar-refractivity contribution in [3.8, 4) is 11.4 Å². The molecule has 0 aliphatic carbocycles. The van der Waals surface area contributed by atoms with Crippen molar-refractivity contribution in [3.63, 3.8) is 0 Å². The predicted octanol–water partition coefficient (Wildman–Crippen LogP) is 5.38. The quantitative estimate of drug-likeness (QED) is 0.503. The molecule has 1 amide bonds. The molecule has 2 aliphatic rings. The van der Waals surface area contributed by atoms with Gasteiger partial charge in [0.15, 0.2) is 11.6 Å². The fourth-order valence-electron chi connectivity index (χ4n) is 5.00. The summed E-state index contributed by atoms with van der Waals surface area (Å²) in [6, 6.07) is 9.65. The number of imidazole rings is 1. The van der Waals surface area contributed by atoms with Crippen LogP contribution in [-0.2, 0) is 4.79 Å². The van der Waals surface area contributed by atoms with Crippen molar-refractivity contribution >= 4 is 12.0 Å². The van der Waals surface area contributed by atoms with Gasteiger partial charge in [0.2, 0.25) is 0 Å². The topological polar surface area (TPSA) is 47.4 Å². The number of hydrogen-bond donors (Lipinski definition) is 0.